The zero-order valence-electron chi connectivity index (χ0n) is 13.2. The summed E-state index contributed by atoms with van der Waals surface area (Å²) in [6, 6.07) is 8.82. The van der Waals surface area contributed by atoms with E-state index in [1.165, 1.54) is 0 Å². The Labute approximate surface area is 143 Å². The van der Waals surface area contributed by atoms with E-state index in [1.54, 1.807) is 30.3 Å². The molecule has 0 bridgehead atoms. The fourth-order valence-corrected chi connectivity index (χ4v) is 1.83. The van der Waals surface area contributed by atoms with Crippen molar-refractivity contribution >= 4 is 0 Å². The number of benzene rings is 1. The summed E-state index contributed by atoms with van der Waals surface area (Å²) in [6.45, 7) is -2.98. The van der Waals surface area contributed by atoms with Crippen molar-refractivity contribution in [3.05, 3.63) is 35.9 Å². The topological polar surface area (TPSA) is 41.5 Å². The van der Waals surface area contributed by atoms with Crippen LogP contribution in [-0.4, -0.2) is 55.2 Å². The second kappa shape index (κ2) is 8.96. The molecule has 2 N–H and O–H groups in total. The highest BCUT2D eigenvalue weighted by atomic mass is 19.4. The third-order valence-electron chi connectivity index (χ3n) is 3.30. The van der Waals surface area contributed by atoms with Crippen LogP contribution in [0.2, 0.25) is 0 Å². The molecule has 1 aromatic rings. The number of alkyl halides is 8. The van der Waals surface area contributed by atoms with Crippen LogP contribution in [0.5, 0.6) is 0 Å². The molecule has 0 aromatic heterocycles. The molecule has 0 fully saturated rings. The molecule has 0 heterocycles. The fraction of sp³-hybridized carbons (Fsp3) is 0.600. The van der Waals surface area contributed by atoms with Crippen molar-refractivity contribution < 1.29 is 45.0 Å². The van der Waals surface area contributed by atoms with Gasteiger partial charge in [-0.2, -0.15) is 26.3 Å². The molecule has 0 aliphatic rings. The molecule has 1 rings (SSSR count). The highest BCUT2D eigenvalue weighted by Gasteiger charge is 2.75. The molecule has 26 heavy (non-hydrogen) atoms. The fourth-order valence-electron chi connectivity index (χ4n) is 1.83. The van der Waals surface area contributed by atoms with Crippen molar-refractivity contribution in [2.75, 3.05) is 19.8 Å². The van der Waals surface area contributed by atoms with E-state index in [4.69, 9.17) is 0 Å². The van der Waals surface area contributed by atoms with Crippen LogP contribution in [0.25, 0.3) is 0 Å². The Morgan fingerprint density at radius 3 is 2.12 bits per heavy atom. The Balaban J connectivity index is 2.42. The normalized spacial score (nSPS) is 14.7. The van der Waals surface area contributed by atoms with E-state index in [2.05, 4.69) is 10.1 Å². The summed E-state index contributed by atoms with van der Waals surface area (Å²) in [5.74, 6) is -18.1. The average molecular weight is 395 g/mol. The van der Waals surface area contributed by atoms with Gasteiger partial charge in [-0.3, -0.25) is 0 Å². The molecule has 11 heteroatoms. The molecule has 0 radical (unpaired) electrons. The molecule has 150 valence electrons. The van der Waals surface area contributed by atoms with E-state index in [9.17, 15) is 40.2 Å². The monoisotopic (exact) mass is 395 g/mol. The van der Waals surface area contributed by atoms with Crippen LogP contribution in [0.3, 0.4) is 0 Å². The lowest BCUT2D eigenvalue weighted by Crippen LogP contribution is -2.59. The van der Waals surface area contributed by atoms with Gasteiger partial charge in [0.2, 0.25) is 0 Å². The molecule has 3 nitrogen and oxygen atoms in total. The average Bonchev–Trinajstić information content (AvgIpc) is 2.55. The van der Waals surface area contributed by atoms with E-state index < -0.39 is 43.5 Å². The second-order valence-electron chi connectivity index (χ2n) is 5.49. The minimum atomic E-state index is -6.31. The van der Waals surface area contributed by atoms with Crippen molar-refractivity contribution in [1.82, 2.24) is 5.32 Å². The van der Waals surface area contributed by atoms with Crippen molar-refractivity contribution in [3.63, 3.8) is 0 Å². The molecule has 0 amide bonds. The summed E-state index contributed by atoms with van der Waals surface area (Å²) < 4.78 is 106. The number of hydrogen-bond acceptors (Lipinski definition) is 3. The summed E-state index contributed by atoms with van der Waals surface area (Å²) in [7, 11) is 0. The van der Waals surface area contributed by atoms with Gasteiger partial charge in [-0.05, 0) is 5.56 Å². The maximum Gasteiger partial charge on any atom is 0.380 e. The van der Waals surface area contributed by atoms with Gasteiger partial charge in [0, 0.05) is 13.1 Å². The molecular weight excluding hydrogens is 378 g/mol. The van der Waals surface area contributed by atoms with Crippen molar-refractivity contribution in [3.8, 4) is 0 Å². The Morgan fingerprint density at radius 2 is 1.58 bits per heavy atom. The van der Waals surface area contributed by atoms with Crippen LogP contribution in [-0.2, 0) is 11.3 Å². The van der Waals surface area contributed by atoms with Gasteiger partial charge in [0.1, 0.15) is 6.61 Å². The highest BCUT2D eigenvalue weighted by Crippen LogP contribution is 2.48. The number of aliphatic hydroxyl groups excluding tert-OH is 1. The predicted octanol–water partition coefficient (Wildman–Crippen LogP) is 3.32. The molecule has 0 aliphatic heterocycles. The van der Waals surface area contributed by atoms with Crippen LogP contribution in [0.15, 0.2) is 30.3 Å². The standard InChI is InChI=1S/C15H17F8NO2/c16-12(17)14(20,21)15(22,23)13(18,19)9-26-8-11(25)7-24-6-10-4-2-1-3-5-10/h1-5,11-12,24-25H,6-9H2. The number of hydrogen-bond donors (Lipinski definition) is 2. The molecule has 1 aromatic carbocycles. The molecule has 0 saturated heterocycles. The van der Waals surface area contributed by atoms with Gasteiger partial charge in [-0.15, -0.1) is 0 Å². The van der Waals surface area contributed by atoms with E-state index in [-0.39, 0.29) is 6.54 Å². The molecule has 0 aliphatic carbocycles. The molecule has 0 spiro atoms. The maximum absolute atomic E-state index is 13.2. The van der Waals surface area contributed by atoms with E-state index in [0.717, 1.165) is 5.56 Å². The van der Waals surface area contributed by atoms with Crippen molar-refractivity contribution in [2.45, 2.75) is 36.8 Å². The number of rotatable bonds is 11. The van der Waals surface area contributed by atoms with Crippen LogP contribution in [0.1, 0.15) is 5.56 Å². The Hall–Kier alpha value is -1.46. The summed E-state index contributed by atoms with van der Waals surface area (Å²) in [5.41, 5.74) is 0.848. The quantitative estimate of drug-likeness (QED) is 0.565. The third-order valence-corrected chi connectivity index (χ3v) is 3.30. The number of nitrogens with one attached hydrogen (secondary N) is 1. The smallest absolute Gasteiger partial charge is 0.380 e. The van der Waals surface area contributed by atoms with Gasteiger partial charge in [-0.1, -0.05) is 30.3 Å². The minimum Gasteiger partial charge on any atom is -0.389 e. The zero-order chi connectivity index (χ0) is 20.0. The van der Waals surface area contributed by atoms with Crippen LogP contribution in [0, 0.1) is 0 Å². The summed E-state index contributed by atoms with van der Waals surface area (Å²) in [4.78, 5) is 0. The second-order valence-corrected chi connectivity index (χ2v) is 5.49. The first-order valence-electron chi connectivity index (χ1n) is 7.34. The van der Waals surface area contributed by atoms with E-state index >= 15 is 0 Å². The molecule has 1 atom stereocenters. The van der Waals surface area contributed by atoms with Gasteiger partial charge in [0.05, 0.1) is 12.7 Å². The zero-order valence-corrected chi connectivity index (χ0v) is 13.2. The summed E-state index contributed by atoms with van der Waals surface area (Å²) in [6.07, 6.45) is -6.38. The Bertz CT molecular complexity index is 542. The third kappa shape index (κ3) is 5.52. The number of halogens is 8. The lowest BCUT2D eigenvalue weighted by molar-refractivity contribution is -0.346. The Morgan fingerprint density at radius 1 is 1.00 bits per heavy atom. The van der Waals surface area contributed by atoms with Crippen molar-refractivity contribution in [1.29, 1.82) is 0 Å². The summed E-state index contributed by atoms with van der Waals surface area (Å²) in [5, 5.41) is 12.2. The van der Waals surface area contributed by atoms with Crippen LogP contribution < -0.4 is 5.32 Å². The molecule has 1 unspecified atom stereocenters. The van der Waals surface area contributed by atoms with Crippen LogP contribution >= 0.6 is 0 Å². The highest BCUT2D eigenvalue weighted by molar-refractivity contribution is 5.14. The maximum atomic E-state index is 13.2. The van der Waals surface area contributed by atoms with Gasteiger partial charge < -0.3 is 15.2 Å². The number of ether oxygens (including phenoxy) is 1. The lowest BCUT2D eigenvalue weighted by Gasteiger charge is -2.32. The first-order chi connectivity index (χ1) is 11.9. The van der Waals surface area contributed by atoms with Crippen LogP contribution in [0.4, 0.5) is 35.1 Å². The van der Waals surface area contributed by atoms with Crippen molar-refractivity contribution in [2.24, 2.45) is 0 Å². The summed E-state index contributed by atoms with van der Waals surface area (Å²) >= 11 is 0. The molecule has 0 saturated carbocycles. The predicted molar refractivity (Wildman–Crippen MR) is 75.8 cm³/mol. The first kappa shape index (κ1) is 22.6. The van der Waals surface area contributed by atoms with Gasteiger partial charge in [0.25, 0.3) is 0 Å². The van der Waals surface area contributed by atoms with E-state index in [1.807, 2.05) is 0 Å². The minimum absolute atomic E-state index is 0.163. The Kier molecular flexibility index (Phi) is 7.78. The largest absolute Gasteiger partial charge is 0.389 e. The number of aliphatic hydroxyl groups is 1. The van der Waals surface area contributed by atoms with Gasteiger partial charge >= 0.3 is 24.2 Å². The lowest BCUT2D eigenvalue weighted by atomic mass is 10.1. The SMILES string of the molecule is OC(CNCc1ccccc1)COCC(F)(F)C(F)(F)C(F)(F)C(F)F. The van der Waals surface area contributed by atoms with E-state index in [0.29, 0.717) is 6.54 Å². The van der Waals surface area contributed by atoms with Gasteiger partial charge in [-0.25, -0.2) is 8.78 Å². The first-order valence-corrected chi connectivity index (χ1v) is 7.34. The molecular formula is C15H17F8NO2. The van der Waals surface area contributed by atoms with Gasteiger partial charge in [0.15, 0.2) is 0 Å².